The Kier molecular flexibility index (Phi) is 6.40. The maximum absolute atomic E-state index is 15.0. The van der Waals surface area contributed by atoms with Crippen LogP contribution in [0.3, 0.4) is 0 Å². The van der Waals surface area contributed by atoms with Crippen molar-refractivity contribution < 1.29 is 27.8 Å². The number of anilines is 1. The highest BCUT2D eigenvalue weighted by Crippen LogP contribution is 2.48. The smallest absolute Gasteiger partial charge is 0.356 e. The molecule has 1 saturated carbocycles. The number of carbonyl (C=O) groups is 1. The number of pyridine rings is 2. The van der Waals surface area contributed by atoms with Gasteiger partial charge in [-0.25, -0.2) is 22.9 Å². The van der Waals surface area contributed by atoms with E-state index in [1.165, 1.54) is 49.6 Å². The Morgan fingerprint density at radius 2 is 2.06 bits per heavy atom. The first kappa shape index (κ1) is 25.7. The Labute approximate surface area is 209 Å². The van der Waals surface area contributed by atoms with E-state index >= 15 is 0 Å². The SMILES string of the molecule is Cc1c(OCC2CC2(F)F)nc2c([C@@H](C)Nc3ccc(Cl)nc3C(=O)O)cc(C(C)(C)F)cn2c1=O. The van der Waals surface area contributed by atoms with Crippen molar-refractivity contribution in [3.63, 3.8) is 0 Å². The minimum absolute atomic E-state index is 0.0102. The minimum Gasteiger partial charge on any atom is -0.477 e. The Balaban J connectivity index is 1.82. The molecule has 3 aromatic rings. The maximum atomic E-state index is 15.0. The van der Waals surface area contributed by atoms with Gasteiger partial charge in [0.05, 0.1) is 29.8 Å². The Morgan fingerprint density at radius 1 is 1.39 bits per heavy atom. The molecule has 4 rings (SSSR count). The Morgan fingerprint density at radius 3 is 2.64 bits per heavy atom. The van der Waals surface area contributed by atoms with Crippen LogP contribution in [0.4, 0.5) is 18.9 Å². The largest absolute Gasteiger partial charge is 0.477 e. The van der Waals surface area contributed by atoms with Crippen LogP contribution in [0.1, 0.15) is 60.4 Å². The molecule has 8 nitrogen and oxygen atoms in total. The first-order valence-corrected chi connectivity index (χ1v) is 11.5. The Bertz CT molecular complexity index is 1420. The molecule has 0 bridgehead atoms. The molecule has 1 unspecified atom stereocenters. The van der Waals surface area contributed by atoms with E-state index < -0.39 is 35.1 Å². The summed E-state index contributed by atoms with van der Waals surface area (Å²) >= 11 is 5.83. The summed E-state index contributed by atoms with van der Waals surface area (Å²) in [5.74, 6) is -5.14. The van der Waals surface area contributed by atoms with Crippen LogP contribution in [-0.2, 0) is 5.67 Å². The summed E-state index contributed by atoms with van der Waals surface area (Å²) in [6.45, 7) is 5.49. The molecule has 0 aliphatic heterocycles. The van der Waals surface area contributed by atoms with Crippen LogP contribution in [0.25, 0.3) is 5.65 Å². The predicted molar refractivity (Wildman–Crippen MR) is 127 cm³/mol. The maximum Gasteiger partial charge on any atom is 0.356 e. The summed E-state index contributed by atoms with van der Waals surface area (Å²) in [4.78, 5) is 33.1. The fourth-order valence-electron chi connectivity index (χ4n) is 3.77. The van der Waals surface area contributed by atoms with Crippen molar-refractivity contribution >= 4 is 28.9 Å². The third-order valence-electron chi connectivity index (χ3n) is 6.10. The fraction of sp³-hybridized carbons (Fsp3) is 0.417. The van der Waals surface area contributed by atoms with Crippen molar-refractivity contribution in [1.29, 1.82) is 0 Å². The first-order valence-electron chi connectivity index (χ1n) is 11.1. The van der Waals surface area contributed by atoms with Crippen molar-refractivity contribution in [2.45, 2.75) is 51.7 Å². The van der Waals surface area contributed by atoms with Gasteiger partial charge < -0.3 is 15.2 Å². The topological polar surface area (TPSA) is 106 Å². The second-order valence-electron chi connectivity index (χ2n) is 9.37. The molecular formula is C24H24ClF3N4O4. The van der Waals surface area contributed by atoms with Crippen LogP contribution in [0.5, 0.6) is 5.88 Å². The van der Waals surface area contributed by atoms with E-state index in [0.717, 1.165) is 0 Å². The fourth-order valence-corrected chi connectivity index (χ4v) is 3.92. The number of halogens is 4. The second kappa shape index (κ2) is 8.95. The summed E-state index contributed by atoms with van der Waals surface area (Å²) < 4.78 is 48.3. The summed E-state index contributed by atoms with van der Waals surface area (Å²) in [7, 11) is 0. The van der Waals surface area contributed by atoms with Crippen LogP contribution < -0.4 is 15.6 Å². The van der Waals surface area contributed by atoms with E-state index in [0.29, 0.717) is 5.56 Å². The minimum atomic E-state index is -2.79. The molecule has 2 atom stereocenters. The number of alkyl halides is 3. The zero-order valence-corrected chi connectivity index (χ0v) is 20.7. The van der Waals surface area contributed by atoms with E-state index in [9.17, 15) is 27.9 Å². The number of hydrogen-bond acceptors (Lipinski definition) is 6. The molecule has 2 N–H and O–H groups in total. The molecule has 1 aliphatic carbocycles. The molecule has 0 radical (unpaired) electrons. The normalized spacial score (nSPS) is 17.6. The number of aromatic carboxylic acids is 1. The number of ether oxygens (including phenoxy) is 1. The summed E-state index contributed by atoms with van der Waals surface area (Å²) in [5, 5.41) is 12.5. The van der Waals surface area contributed by atoms with Crippen LogP contribution >= 0.6 is 11.6 Å². The lowest BCUT2D eigenvalue weighted by molar-refractivity contribution is 0.0691. The van der Waals surface area contributed by atoms with Crippen LogP contribution in [0.15, 0.2) is 29.2 Å². The average Bonchev–Trinajstić information content (AvgIpc) is 3.41. The zero-order chi connectivity index (χ0) is 26.6. The number of carboxylic acid groups (broad SMARTS) is 1. The van der Waals surface area contributed by atoms with Gasteiger partial charge in [-0.15, -0.1) is 0 Å². The Hall–Kier alpha value is -3.34. The number of nitrogens with zero attached hydrogens (tertiary/aromatic N) is 3. The van der Waals surface area contributed by atoms with E-state index in [2.05, 4.69) is 15.3 Å². The average molecular weight is 525 g/mol. The highest BCUT2D eigenvalue weighted by molar-refractivity contribution is 6.29. The van der Waals surface area contributed by atoms with Gasteiger partial charge in [-0.05, 0) is 45.9 Å². The van der Waals surface area contributed by atoms with Crippen molar-refractivity contribution in [2.75, 3.05) is 11.9 Å². The van der Waals surface area contributed by atoms with Gasteiger partial charge in [-0.2, -0.15) is 4.98 Å². The summed E-state index contributed by atoms with van der Waals surface area (Å²) in [6, 6.07) is 3.67. The molecule has 0 spiro atoms. The van der Waals surface area contributed by atoms with Crippen molar-refractivity contribution in [2.24, 2.45) is 5.92 Å². The number of nitrogens with one attached hydrogen (secondary N) is 1. The highest BCUT2D eigenvalue weighted by atomic mass is 35.5. The van der Waals surface area contributed by atoms with Gasteiger partial charge in [-0.3, -0.25) is 9.20 Å². The molecule has 3 heterocycles. The van der Waals surface area contributed by atoms with Crippen LogP contribution in [0.2, 0.25) is 5.15 Å². The standard InChI is InChI=1S/C24H24ClF3N4O4/c1-11-20(36-10-14-8-24(14,27)28)31-19-15(7-13(23(3,4)26)9-32(19)21(11)33)12(2)29-16-5-6-17(25)30-18(16)22(34)35/h5-7,9,12,14,29H,8,10H2,1-4H3,(H,34,35)/t12-,14?/m1/s1. The van der Waals surface area contributed by atoms with Crippen LogP contribution in [-0.4, -0.2) is 38.0 Å². The molecule has 0 saturated heterocycles. The van der Waals surface area contributed by atoms with Gasteiger partial charge in [0.1, 0.15) is 16.5 Å². The van der Waals surface area contributed by atoms with Gasteiger partial charge in [0.2, 0.25) is 5.88 Å². The number of aromatic nitrogens is 3. The van der Waals surface area contributed by atoms with E-state index in [4.69, 9.17) is 16.3 Å². The highest BCUT2D eigenvalue weighted by Gasteiger charge is 2.57. The predicted octanol–water partition coefficient (Wildman–Crippen LogP) is 5.16. The molecule has 3 aromatic heterocycles. The summed E-state index contributed by atoms with van der Waals surface area (Å²) in [5.41, 5.74) is -1.82. The number of carboxylic acids is 1. The van der Waals surface area contributed by atoms with Gasteiger partial charge in [0, 0.05) is 23.7 Å². The third kappa shape index (κ3) is 4.97. The molecule has 1 aliphatic rings. The number of fused-ring (bicyclic) bond motifs is 1. The lowest BCUT2D eigenvalue weighted by Crippen LogP contribution is -2.24. The number of hydrogen-bond donors (Lipinski definition) is 2. The molecule has 192 valence electrons. The summed E-state index contributed by atoms with van der Waals surface area (Å²) in [6.07, 6.45) is 1.04. The number of rotatable bonds is 8. The third-order valence-corrected chi connectivity index (χ3v) is 6.31. The molecule has 12 heteroatoms. The zero-order valence-electron chi connectivity index (χ0n) is 19.9. The first-order chi connectivity index (χ1) is 16.7. The van der Waals surface area contributed by atoms with Crippen molar-refractivity contribution in [3.05, 3.63) is 62.3 Å². The molecule has 0 aromatic carbocycles. The molecule has 0 amide bonds. The van der Waals surface area contributed by atoms with Crippen molar-refractivity contribution in [1.82, 2.24) is 14.4 Å². The lowest BCUT2D eigenvalue weighted by Gasteiger charge is -2.23. The molecular weight excluding hydrogens is 501 g/mol. The van der Waals surface area contributed by atoms with Gasteiger partial charge in [-0.1, -0.05) is 11.6 Å². The molecule has 1 fully saturated rings. The quantitative estimate of drug-likeness (QED) is 0.392. The van der Waals surface area contributed by atoms with Gasteiger partial charge in [0.25, 0.3) is 11.5 Å². The van der Waals surface area contributed by atoms with E-state index in [1.54, 1.807) is 6.92 Å². The van der Waals surface area contributed by atoms with E-state index in [-0.39, 0.29) is 52.2 Å². The van der Waals surface area contributed by atoms with Gasteiger partial charge in [0.15, 0.2) is 5.69 Å². The van der Waals surface area contributed by atoms with Gasteiger partial charge >= 0.3 is 5.97 Å². The second-order valence-corrected chi connectivity index (χ2v) is 9.76. The lowest BCUT2D eigenvalue weighted by atomic mass is 9.98. The molecule has 36 heavy (non-hydrogen) atoms. The van der Waals surface area contributed by atoms with Crippen molar-refractivity contribution in [3.8, 4) is 5.88 Å². The van der Waals surface area contributed by atoms with Crippen LogP contribution in [0, 0.1) is 12.8 Å². The van der Waals surface area contributed by atoms with E-state index in [1.807, 2.05) is 0 Å². The monoisotopic (exact) mass is 524 g/mol.